The van der Waals surface area contributed by atoms with Gasteiger partial charge < -0.3 is 5.32 Å². The standard InChI is InChI=1S/C11H12N2OS/c1-2-7-13-11(14)9-5-3-4-6-10(9)15-8-12/h3-6H,2,7H2,1H3,(H,13,14). The Morgan fingerprint density at radius 3 is 2.93 bits per heavy atom. The molecule has 0 aliphatic heterocycles. The molecule has 0 spiro atoms. The summed E-state index contributed by atoms with van der Waals surface area (Å²) in [6.45, 7) is 2.65. The van der Waals surface area contributed by atoms with Crippen LogP contribution in [0.5, 0.6) is 0 Å². The SMILES string of the molecule is CCCNC(=O)c1ccccc1SC#N. The molecular formula is C11H12N2OS. The molecule has 0 saturated carbocycles. The molecule has 1 rings (SSSR count). The van der Waals surface area contributed by atoms with Gasteiger partial charge in [-0.2, -0.15) is 5.26 Å². The Labute approximate surface area is 93.5 Å². The average Bonchev–Trinajstić information content (AvgIpc) is 2.27. The Morgan fingerprint density at radius 1 is 1.53 bits per heavy atom. The average molecular weight is 220 g/mol. The minimum Gasteiger partial charge on any atom is -0.352 e. The highest BCUT2D eigenvalue weighted by Gasteiger charge is 2.09. The van der Waals surface area contributed by atoms with Crippen LogP contribution in [0.3, 0.4) is 0 Å². The molecule has 1 aromatic rings. The van der Waals surface area contributed by atoms with Gasteiger partial charge in [-0.05, 0) is 30.3 Å². The zero-order chi connectivity index (χ0) is 11.1. The van der Waals surface area contributed by atoms with E-state index in [-0.39, 0.29) is 5.91 Å². The molecule has 0 atom stereocenters. The molecule has 4 heteroatoms. The van der Waals surface area contributed by atoms with Crippen LogP contribution in [0.15, 0.2) is 29.2 Å². The van der Waals surface area contributed by atoms with Crippen molar-refractivity contribution in [2.75, 3.05) is 6.54 Å². The van der Waals surface area contributed by atoms with Gasteiger partial charge >= 0.3 is 0 Å². The number of thiocyanates is 1. The highest BCUT2D eigenvalue weighted by atomic mass is 32.2. The van der Waals surface area contributed by atoms with Gasteiger partial charge in [0.25, 0.3) is 5.91 Å². The summed E-state index contributed by atoms with van der Waals surface area (Å²) in [7, 11) is 0. The molecule has 0 saturated heterocycles. The Hall–Kier alpha value is -1.47. The van der Waals surface area contributed by atoms with Crippen LogP contribution in [0.25, 0.3) is 0 Å². The molecule has 0 unspecified atom stereocenters. The summed E-state index contributed by atoms with van der Waals surface area (Å²) in [5, 5.41) is 13.3. The third kappa shape index (κ3) is 3.30. The van der Waals surface area contributed by atoms with Crippen LogP contribution < -0.4 is 5.32 Å². The number of carbonyl (C=O) groups excluding carboxylic acids is 1. The first-order valence-corrected chi connectivity index (χ1v) is 5.54. The maximum Gasteiger partial charge on any atom is 0.252 e. The summed E-state index contributed by atoms with van der Waals surface area (Å²) in [6, 6.07) is 7.11. The molecule has 1 N–H and O–H groups in total. The van der Waals surface area contributed by atoms with E-state index in [2.05, 4.69) is 5.32 Å². The van der Waals surface area contributed by atoms with Crippen LogP contribution >= 0.6 is 11.8 Å². The van der Waals surface area contributed by atoms with Crippen LogP contribution in [0.2, 0.25) is 0 Å². The molecule has 1 amide bonds. The third-order valence-corrected chi connectivity index (χ3v) is 2.49. The predicted molar refractivity (Wildman–Crippen MR) is 60.5 cm³/mol. The van der Waals surface area contributed by atoms with Crippen LogP contribution in [-0.2, 0) is 0 Å². The number of nitriles is 1. The van der Waals surface area contributed by atoms with Crippen molar-refractivity contribution in [3.63, 3.8) is 0 Å². The van der Waals surface area contributed by atoms with Gasteiger partial charge in [-0.1, -0.05) is 19.1 Å². The smallest absolute Gasteiger partial charge is 0.252 e. The lowest BCUT2D eigenvalue weighted by molar-refractivity contribution is 0.0951. The molecule has 15 heavy (non-hydrogen) atoms. The van der Waals surface area contributed by atoms with E-state index >= 15 is 0 Å². The highest BCUT2D eigenvalue weighted by Crippen LogP contribution is 2.21. The highest BCUT2D eigenvalue weighted by molar-refractivity contribution is 8.03. The van der Waals surface area contributed by atoms with Crippen LogP contribution in [0.1, 0.15) is 23.7 Å². The molecular weight excluding hydrogens is 208 g/mol. The van der Waals surface area contributed by atoms with Gasteiger partial charge in [0, 0.05) is 11.4 Å². The zero-order valence-electron chi connectivity index (χ0n) is 8.49. The van der Waals surface area contributed by atoms with Crippen molar-refractivity contribution in [1.29, 1.82) is 5.26 Å². The van der Waals surface area contributed by atoms with Crippen LogP contribution in [0.4, 0.5) is 0 Å². The molecule has 0 aromatic heterocycles. The van der Waals surface area contributed by atoms with Gasteiger partial charge in [-0.25, -0.2) is 0 Å². The minimum atomic E-state index is -0.116. The summed E-state index contributed by atoms with van der Waals surface area (Å²) < 4.78 is 0. The molecule has 0 bridgehead atoms. The monoisotopic (exact) mass is 220 g/mol. The van der Waals surface area contributed by atoms with E-state index in [0.29, 0.717) is 17.0 Å². The number of amides is 1. The van der Waals surface area contributed by atoms with Gasteiger partial charge in [0.2, 0.25) is 0 Å². The second-order valence-electron chi connectivity index (χ2n) is 2.95. The molecule has 78 valence electrons. The molecule has 0 heterocycles. The van der Waals surface area contributed by atoms with E-state index in [1.807, 2.05) is 18.4 Å². The fraction of sp³-hybridized carbons (Fsp3) is 0.273. The molecule has 0 fully saturated rings. The number of carbonyl (C=O) groups is 1. The number of nitrogens with one attached hydrogen (secondary N) is 1. The topological polar surface area (TPSA) is 52.9 Å². The van der Waals surface area contributed by atoms with Crippen molar-refractivity contribution in [2.45, 2.75) is 18.2 Å². The van der Waals surface area contributed by atoms with E-state index in [4.69, 9.17) is 5.26 Å². The van der Waals surface area contributed by atoms with Gasteiger partial charge in [0.15, 0.2) is 0 Å². The maximum absolute atomic E-state index is 11.7. The van der Waals surface area contributed by atoms with Gasteiger partial charge in [0.1, 0.15) is 5.40 Å². The summed E-state index contributed by atoms with van der Waals surface area (Å²) in [5.41, 5.74) is 0.567. The van der Waals surface area contributed by atoms with Crippen molar-refractivity contribution < 1.29 is 4.79 Å². The summed E-state index contributed by atoms with van der Waals surface area (Å²) in [4.78, 5) is 12.4. The van der Waals surface area contributed by atoms with E-state index in [0.717, 1.165) is 18.2 Å². The summed E-state index contributed by atoms with van der Waals surface area (Å²) >= 11 is 1.01. The normalized spacial score (nSPS) is 9.33. The Balaban J connectivity index is 2.83. The number of rotatable bonds is 4. The Morgan fingerprint density at radius 2 is 2.27 bits per heavy atom. The van der Waals surface area contributed by atoms with Crippen LogP contribution in [-0.4, -0.2) is 12.5 Å². The Bertz CT molecular complexity index is 384. The van der Waals surface area contributed by atoms with Crippen molar-refractivity contribution in [2.24, 2.45) is 0 Å². The molecule has 0 radical (unpaired) electrons. The lowest BCUT2D eigenvalue weighted by Gasteiger charge is -2.06. The number of hydrogen-bond acceptors (Lipinski definition) is 3. The Kier molecular flexibility index (Phi) is 4.72. The van der Waals surface area contributed by atoms with Crippen molar-refractivity contribution >= 4 is 17.7 Å². The predicted octanol–water partition coefficient (Wildman–Crippen LogP) is 2.40. The fourth-order valence-electron chi connectivity index (χ4n) is 1.13. The van der Waals surface area contributed by atoms with Gasteiger partial charge in [0.05, 0.1) is 5.56 Å². The zero-order valence-corrected chi connectivity index (χ0v) is 9.30. The summed E-state index contributed by atoms with van der Waals surface area (Å²) in [6.07, 6.45) is 0.902. The number of benzene rings is 1. The molecule has 3 nitrogen and oxygen atoms in total. The van der Waals surface area contributed by atoms with E-state index in [9.17, 15) is 4.79 Å². The van der Waals surface area contributed by atoms with Gasteiger partial charge in [-0.15, -0.1) is 0 Å². The lowest BCUT2D eigenvalue weighted by Crippen LogP contribution is -2.24. The van der Waals surface area contributed by atoms with E-state index in [1.54, 1.807) is 18.2 Å². The number of thioether (sulfide) groups is 1. The lowest BCUT2D eigenvalue weighted by atomic mass is 10.2. The second-order valence-corrected chi connectivity index (χ2v) is 3.77. The van der Waals surface area contributed by atoms with Crippen molar-refractivity contribution in [1.82, 2.24) is 5.32 Å². The number of hydrogen-bond donors (Lipinski definition) is 1. The first kappa shape index (κ1) is 11.6. The molecule has 1 aromatic carbocycles. The summed E-state index contributed by atoms with van der Waals surface area (Å²) in [5.74, 6) is -0.116. The minimum absolute atomic E-state index is 0.116. The quantitative estimate of drug-likeness (QED) is 0.626. The number of nitrogens with zero attached hydrogens (tertiary/aromatic N) is 1. The van der Waals surface area contributed by atoms with Gasteiger partial charge in [-0.3, -0.25) is 4.79 Å². The first-order chi connectivity index (χ1) is 7.29. The largest absolute Gasteiger partial charge is 0.352 e. The van der Waals surface area contributed by atoms with Crippen molar-refractivity contribution in [3.05, 3.63) is 29.8 Å². The molecule has 0 aliphatic carbocycles. The van der Waals surface area contributed by atoms with Crippen molar-refractivity contribution in [3.8, 4) is 5.40 Å². The fourth-order valence-corrected chi connectivity index (χ4v) is 1.64. The molecule has 0 aliphatic rings. The maximum atomic E-state index is 11.7. The van der Waals surface area contributed by atoms with E-state index in [1.165, 1.54) is 0 Å². The first-order valence-electron chi connectivity index (χ1n) is 4.72. The second kappa shape index (κ2) is 6.10. The third-order valence-electron chi connectivity index (χ3n) is 1.82. The van der Waals surface area contributed by atoms with E-state index < -0.39 is 0 Å². The van der Waals surface area contributed by atoms with Crippen LogP contribution in [0, 0.1) is 10.7 Å².